The van der Waals surface area contributed by atoms with Crippen LogP contribution >= 0.6 is 0 Å². The molecule has 0 atom stereocenters. The number of hydrogen-bond acceptors (Lipinski definition) is 5. The van der Waals surface area contributed by atoms with Gasteiger partial charge in [0.15, 0.2) is 5.76 Å². The molecule has 0 aliphatic rings. The molecule has 0 spiro atoms. The zero-order valence-electron chi connectivity index (χ0n) is 9.39. The quantitative estimate of drug-likeness (QED) is 0.829. The van der Waals surface area contributed by atoms with Crippen LogP contribution in [-0.2, 0) is 16.6 Å². The van der Waals surface area contributed by atoms with E-state index < -0.39 is 10.0 Å². The number of hydrogen-bond donors (Lipinski definition) is 2. The Hall–Kier alpha value is -1.67. The molecule has 2 aromatic heterocycles. The van der Waals surface area contributed by atoms with Crippen LogP contribution < -0.4 is 4.72 Å². The van der Waals surface area contributed by atoms with Crippen molar-refractivity contribution in [1.82, 2.24) is 20.1 Å². The van der Waals surface area contributed by atoms with Crippen molar-refractivity contribution in [3.63, 3.8) is 0 Å². The maximum absolute atomic E-state index is 11.9. The molecule has 0 aliphatic carbocycles. The monoisotopic (exact) mass is 256 g/mol. The predicted octanol–water partition coefficient (Wildman–Crippen LogP) is 0.493. The third-order valence-electron chi connectivity index (χ3n) is 2.19. The Morgan fingerprint density at radius 2 is 2.24 bits per heavy atom. The summed E-state index contributed by atoms with van der Waals surface area (Å²) in [5.74, 6) is 0.465. The van der Waals surface area contributed by atoms with Crippen LogP contribution in [0.4, 0.5) is 0 Å². The summed E-state index contributed by atoms with van der Waals surface area (Å²) in [6, 6.07) is 1.67. The summed E-state index contributed by atoms with van der Waals surface area (Å²) < 4.78 is 31.0. The Morgan fingerprint density at radius 3 is 2.76 bits per heavy atom. The highest BCUT2D eigenvalue weighted by Gasteiger charge is 2.18. The highest BCUT2D eigenvalue weighted by Crippen LogP contribution is 2.11. The van der Waals surface area contributed by atoms with Crippen molar-refractivity contribution in [2.75, 3.05) is 0 Å². The molecule has 0 unspecified atom stereocenters. The maximum atomic E-state index is 11.9. The normalized spacial score (nSPS) is 11.9. The van der Waals surface area contributed by atoms with Crippen molar-refractivity contribution >= 4 is 10.0 Å². The van der Waals surface area contributed by atoms with E-state index >= 15 is 0 Å². The molecule has 2 N–H and O–H groups in total. The third-order valence-corrected chi connectivity index (χ3v) is 3.70. The lowest BCUT2D eigenvalue weighted by Crippen LogP contribution is -2.23. The highest BCUT2D eigenvalue weighted by atomic mass is 32.2. The topological polar surface area (TPSA) is 101 Å². The number of H-pyrrole nitrogens is 1. The molecule has 0 bridgehead atoms. The SMILES string of the molecule is Cc1cc(CNS(=O)(=O)c2cn[nH]c2C)on1. The lowest BCUT2D eigenvalue weighted by atomic mass is 10.4. The average Bonchev–Trinajstić information content (AvgIpc) is 2.85. The Balaban J connectivity index is 2.11. The van der Waals surface area contributed by atoms with Gasteiger partial charge in [-0.2, -0.15) is 5.10 Å². The lowest BCUT2D eigenvalue weighted by molar-refractivity contribution is 0.377. The fourth-order valence-corrected chi connectivity index (χ4v) is 2.48. The van der Waals surface area contributed by atoms with Crippen LogP contribution in [-0.4, -0.2) is 23.8 Å². The maximum Gasteiger partial charge on any atom is 0.244 e. The second kappa shape index (κ2) is 4.30. The number of aromatic amines is 1. The first kappa shape index (κ1) is 11.8. The Morgan fingerprint density at radius 1 is 1.47 bits per heavy atom. The fourth-order valence-electron chi connectivity index (χ4n) is 1.35. The van der Waals surface area contributed by atoms with Gasteiger partial charge in [0.25, 0.3) is 0 Å². The molecule has 2 aromatic rings. The Bertz CT molecular complexity index is 614. The van der Waals surface area contributed by atoms with E-state index in [-0.39, 0.29) is 11.4 Å². The first-order valence-corrected chi connectivity index (χ1v) is 6.39. The molecule has 0 amide bonds. The van der Waals surface area contributed by atoms with Gasteiger partial charge in [0.2, 0.25) is 10.0 Å². The van der Waals surface area contributed by atoms with Crippen LogP contribution in [0.25, 0.3) is 0 Å². The van der Waals surface area contributed by atoms with Gasteiger partial charge in [-0.05, 0) is 13.8 Å². The van der Waals surface area contributed by atoms with Gasteiger partial charge < -0.3 is 4.52 Å². The van der Waals surface area contributed by atoms with Gasteiger partial charge in [-0.3, -0.25) is 5.10 Å². The summed E-state index contributed by atoms with van der Waals surface area (Å²) in [6.07, 6.45) is 1.27. The van der Waals surface area contributed by atoms with Gasteiger partial charge in [0.05, 0.1) is 24.1 Å². The fraction of sp³-hybridized carbons (Fsp3) is 0.333. The van der Waals surface area contributed by atoms with Gasteiger partial charge in [0.1, 0.15) is 4.90 Å². The van der Waals surface area contributed by atoms with Crippen molar-refractivity contribution < 1.29 is 12.9 Å². The number of aromatic nitrogens is 3. The molecule has 7 nitrogen and oxygen atoms in total. The van der Waals surface area contributed by atoms with Crippen LogP contribution in [0.2, 0.25) is 0 Å². The molecule has 92 valence electrons. The molecule has 0 saturated heterocycles. The summed E-state index contributed by atoms with van der Waals surface area (Å²) in [7, 11) is -3.57. The van der Waals surface area contributed by atoms with E-state index in [0.717, 1.165) is 0 Å². The van der Waals surface area contributed by atoms with Crippen LogP contribution in [0.3, 0.4) is 0 Å². The molecule has 0 aromatic carbocycles. The van der Waals surface area contributed by atoms with E-state index in [1.165, 1.54) is 6.20 Å². The van der Waals surface area contributed by atoms with Gasteiger partial charge in [0, 0.05) is 6.07 Å². The van der Waals surface area contributed by atoms with E-state index in [0.29, 0.717) is 17.1 Å². The van der Waals surface area contributed by atoms with E-state index in [1.54, 1.807) is 19.9 Å². The van der Waals surface area contributed by atoms with Crippen molar-refractivity contribution in [1.29, 1.82) is 0 Å². The van der Waals surface area contributed by atoms with E-state index in [2.05, 4.69) is 20.1 Å². The van der Waals surface area contributed by atoms with Crippen LogP contribution in [0.15, 0.2) is 21.7 Å². The van der Waals surface area contributed by atoms with Crippen molar-refractivity contribution in [3.05, 3.63) is 29.4 Å². The molecular weight excluding hydrogens is 244 g/mol. The van der Waals surface area contributed by atoms with Gasteiger partial charge >= 0.3 is 0 Å². The van der Waals surface area contributed by atoms with Crippen LogP contribution in [0.5, 0.6) is 0 Å². The minimum atomic E-state index is -3.57. The molecular formula is C9H12N4O3S. The predicted molar refractivity (Wildman–Crippen MR) is 58.6 cm³/mol. The van der Waals surface area contributed by atoms with Gasteiger partial charge in [-0.15, -0.1) is 0 Å². The zero-order chi connectivity index (χ0) is 12.5. The molecule has 2 heterocycles. The van der Waals surface area contributed by atoms with Crippen LogP contribution in [0.1, 0.15) is 17.1 Å². The second-order valence-corrected chi connectivity index (χ2v) is 5.35. The first-order chi connectivity index (χ1) is 7.99. The van der Waals surface area contributed by atoms with E-state index in [4.69, 9.17) is 4.52 Å². The summed E-state index contributed by atoms with van der Waals surface area (Å²) >= 11 is 0. The van der Waals surface area contributed by atoms with Crippen molar-refractivity contribution in [2.45, 2.75) is 25.3 Å². The smallest absolute Gasteiger partial charge is 0.244 e. The third kappa shape index (κ3) is 2.53. The number of aryl methyl sites for hydroxylation is 2. The summed E-state index contributed by atoms with van der Waals surface area (Å²) in [5.41, 5.74) is 1.20. The zero-order valence-corrected chi connectivity index (χ0v) is 10.2. The number of nitrogens with one attached hydrogen (secondary N) is 2. The largest absolute Gasteiger partial charge is 0.360 e. The molecule has 2 rings (SSSR count). The van der Waals surface area contributed by atoms with E-state index in [1.807, 2.05) is 0 Å². The summed E-state index contributed by atoms with van der Waals surface area (Å²) in [4.78, 5) is 0.133. The van der Waals surface area contributed by atoms with Gasteiger partial charge in [-0.25, -0.2) is 13.1 Å². The number of rotatable bonds is 4. The second-order valence-electron chi connectivity index (χ2n) is 3.62. The molecule has 0 aliphatic heterocycles. The van der Waals surface area contributed by atoms with E-state index in [9.17, 15) is 8.42 Å². The molecule has 0 radical (unpaired) electrons. The van der Waals surface area contributed by atoms with Crippen LogP contribution in [0, 0.1) is 13.8 Å². The minimum Gasteiger partial charge on any atom is -0.360 e. The lowest BCUT2D eigenvalue weighted by Gasteiger charge is -2.02. The van der Waals surface area contributed by atoms with Crippen molar-refractivity contribution in [3.8, 4) is 0 Å². The molecule has 0 fully saturated rings. The minimum absolute atomic E-state index is 0.0633. The molecule has 8 heteroatoms. The average molecular weight is 256 g/mol. The summed E-state index contributed by atoms with van der Waals surface area (Å²) in [6.45, 7) is 3.47. The molecule has 0 saturated carbocycles. The first-order valence-electron chi connectivity index (χ1n) is 4.91. The standard InChI is InChI=1S/C9H12N4O3S/c1-6-3-8(16-13-6)4-11-17(14,15)9-5-10-12-7(9)2/h3,5,11H,4H2,1-2H3,(H,10,12). The van der Waals surface area contributed by atoms with Crippen molar-refractivity contribution in [2.24, 2.45) is 0 Å². The Labute approximate surface area is 98.3 Å². The molecule has 17 heavy (non-hydrogen) atoms. The highest BCUT2D eigenvalue weighted by molar-refractivity contribution is 7.89. The summed E-state index contributed by atoms with van der Waals surface area (Å²) in [5, 5.41) is 9.91. The van der Waals surface area contributed by atoms with Gasteiger partial charge in [-0.1, -0.05) is 5.16 Å². The number of sulfonamides is 1. The number of nitrogens with zero attached hydrogens (tertiary/aromatic N) is 2. The Kier molecular flexibility index (Phi) is 2.99.